The number of rotatable bonds is 6. The molecular formula is C25H19NO6. The quantitative estimate of drug-likeness (QED) is 0.254. The fourth-order valence-electron chi connectivity index (χ4n) is 3.36. The van der Waals surface area contributed by atoms with E-state index in [9.17, 15) is 14.4 Å². The van der Waals surface area contributed by atoms with Gasteiger partial charge in [0.1, 0.15) is 5.75 Å². The maximum absolute atomic E-state index is 12.6. The molecule has 0 unspecified atom stereocenters. The number of hydrogen-bond acceptors (Lipinski definition) is 6. The first-order valence-electron chi connectivity index (χ1n) is 9.71. The Morgan fingerprint density at radius 2 is 1.44 bits per heavy atom. The van der Waals surface area contributed by atoms with Crippen LogP contribution in [0.15, 0.2) is 72.8 Å². The number of methoxy groups -OCH3 is 2. The number of carbonyl (C=O) groups excluding carboxylic acids is 3. The second kappa shape index (κ2) is 8.77. The maximum Gasteiger partial charge on any atom is 0.336 e. The van der Waals surface area contributed by atoms with Crippen LogP contribution in [0.1, 0.15) is 26.3 Å². The average molecular weight is 429 g/mol. The normalized spacial score (nSPS) is 12.8. The number of nitrogens with zero attached hydrogens (tertiary/aromatic N) is 1. The van der Waals surface area contributed by atoms with Gasteiger partial charge in [0.2, 0.25) is 0 Å². The number of anilines is 1. The molecule has 0 aromatic heterocycles. The van der Waals surface area contributed by atoms with Crippen LogP contribution in [0.2, 0.25) is 0 Å². The Balaban J connectivity index is 1.43. The van der Waals surface area contributed by atoms with Crippen LogP contribution in [0.3, 0.4) is 0 Å². The Labute approximate surface area is 184 Å². The van der Waals surface area contributed by atoms with Gasteiger partial charge in [-0.25, -0.2) is 9.69 Å². The van der Waals surface area contributed by atoms with E-state index >= 15 is 0 Å². The molecule has 0 bridgehead atoms. The zero-order valence-corrected chi connectivity index (χ0v) is 17.4. The molecule has 1 aliphatic heterocycles. The van der Waals surface area contributed by atoms with Crippen molar-refractivity contribution in [2.24, 2.45) is 0 Å². The van der Waals surface area contributed by atoms with Crippen LogP contribution in [0.5, 0.6) is 17.2 Å². The first-order chi connectivity index (χ1) is 15.5. The van der Waals surface area contributed by atoms with Gasteiger partial charge in [-0.3, -0.25) is 9.59 Å². The largest absolute Gasteiger partial charge is 0.493 e. The summed E-state index contributed by atoms with van der Waals surface area (Å²) in [7, 11) is 3.08. The summed E-state index contributed by atoms with van der Waals surface area (Å²) >= 11 is 0. The number of ether oxygens (including phenoxy) is 3. The van der Waals surface area contributed by atoms with Gasteiger partial charge in [-0.1, -0.05) is 18.2 Å². The van der Waals surface area contributed by atoms with Crippen molar-refractivity contribution in [3.8, 4) is 17.2 Å². The van der Waals surface area contributed by atoms with Crippen molar-refractivity contribution < 1.29 is 28.6 Å². The highest BCUT2D eigenvalue weighted by Gasteiger charge is 2.36. The minimum absolute atomic E-state index is 0.285. The predicted molar refractivity (Wildman–Crippen MR) is 118 cm³/mol. The summed E-state index contributed by atoms with van der Waals surface area (Å²) in [6.07, 6.45) is 2.89. The Hall–Kier alpha value is -4.39. The predicted octanol–water partition coefficient (Wildman–Crippen LogP) is 4.12. The van der Waals surface area contributed by atoms with Gasteiger partial charge < -0.3 is 14.2 Å². The maximum atomic E-state index is 12.6. The van der Waals surface area contributed by atoms with Crippen LogP contribution in [0.25, 0.3) is 6.08 Å². The summed E-state index contributed by atoms with van der Waals surface area (Å²) < 4.78 is 15.7. The molecule has 0 aliphatic carbocycles. The van der Waals surface area contributed by atoms with Crippen LogP contribution < -0.4 is 19.1 Å². The van der Waals surface area contributed by atoms with Gasteiger partial charge in [-0.05, 0) is 60.2 Å². The Bertz CT molecular complexity index is 1190. The molecule has 4 rings (SSSR count). The highest BCUT2D eigenvalue weighted by atomic mass is 16.5. The molecule has 160 valence electrons. The van der Waals surface area contributed by atoms with Gasteiger partial charge in [0.15, 0.2) is 11.5 Å². The number of hydrogen-bond donors (Lipinski definition) is 0. The smallest absolute Gasteiger partial charge is 0.336 e. The molecule has 0 radical (unpaired) electrons. The second-order valence-electron chi connectivity index (χ2n) is 6.85. The van der Waals surface area contributed by atoms with Crippen molar-refractivity contribution in [1.29, 1.82) is 0 Å². The summed E-state index contributed by atoms with van der Waals surface area (Å²) in [5, 5.41) is 0. The number of esters is 1. The molecule has 7 heteroatoms. The molecule has 0 saturated heterocycles. The van der Waals surface area contributed by atoms with Crippen LogP contribution in [0, 0.1) is 0 Å². The molecule has 1 heterocycles. The fourth-order valence-corrected chi connectivity index (χ4v) is 3.36. The second-order valence-corrected chi connectivity index (χ2v) is 6.85. The van der Waals surface area contributed by atoms with E-state index in [1.165, 1.54) is 25.3 Å². The van der Waals surface area contributed by atoms with Crippen LogP contribution in [-0.2, 0) is 4.79 Å². The Morgan fingerprint density at radius 1 is 0.812 bits per heavy atom. The topological polar surface area (TPSA) is 82.1 Å². The first-order valence-corrected chi connectivity index (χ1v) is 9.71. The summed E-state index contributed by atoms with van der Waals surface area (Å²) in [5.41, 5.74) is 1.87. The van der Waals surface area contributed by atoms with Gasteiger partial charge in [-0.2, -0.15) is 0 Å². The van der Waals surface area contributed by atoms with Gasteiger partial charge in [0, 0.05) is 6.08 Å². The lowest BCUT2D eigenvalue weighted by Crippen LogP contribution is -2.29. The lowest BCUT2D eigenvalue weighted by molar-refractivity contribution is -0.128. The van der Waals surface area contributed by atoms with Crippen LogP contribution >= 0.6 is 0 Å². The summed E-state index contributed by atoms with van der Waals surface area (Å²) in [6, 6.07) is 18.1. The molecule has 7 nitrogen and oxygen atoms in total. The number of imide groups is 1. The molecule has 0 fully saturated rings. The van der Waals surface area contributed by atoms with Crippen LogP contribution in [-0.4, -0.2) is 32.0 Å². The van der Waals surface area contributed by atoms with Gasteiger partial charge in [-0.15, -0.1) is 0 Å². The summed E-state index contributed by atoms with van der Waals surface area (Å²) in [6.45, 7) is 0. The highest BCUT2D eigenvalue weighted by Crippen LogP contribution is 2.30. The fraction of sp³-hybridized carbons (Fsp3) is 0.0800. The first kappa shape index (κ1) is 20.9. The van der Waals surface area contributed by atoms with E-state index < -0.39 is 5.97 Å². The van der Waals surface area contributed by atoms with E-state index in [1.807, 2.05) is 0 Å². The van der Waals surface area contributed by atoms with E-state index in [1.54, 1.807) is 67.8 Å². The molecule has 2 amide bonds. The molecule has 1 aliphatic rings. The number of fused-ring (bicyclic) bond motifs is 1. The zero-order chi connectivity index (χ0) is 22.7. The molecule has 0 atom stereocenters. The lowest BCUT2D eigenvalue weighted by atomic mass is 10.1. The number of benzene rings is 3. The molecule has 3 aromatic rings. The third kappa shape index (κ3) is 3.96. The molecule has 0 spiro atoms. The Kier molecular flexibility index (Phi) is 5.72. The third-order valence-electron chi connectivity index (χ3n) is 4.93. The Morgan fingerprint density at radius 3 is 2.03 bits per heavy atom. The molecular weight excluding hydrogens is 410 g/mol. The zero-order valence-electron chi connectivity index (χ0n) is 17.4. The molecule has 3 aromatic carbocycles. The molecule has 32 heavy (non-hydrogen) atoms. The van der Waals surface area contributed by atoms with E-state index in [4.69, 9.17) is 14.2 Å². The van der Waals surface area contributed by atoms with E-state index in [-0.39, 0.29) is 17.6 Å². The lowest BCUT2D eigenvalue weighted by Gasteiger charge is -2.14. The highest BCUT2D eigenvalue weighted by molar-refractivity contribution is 6.34. The average Bonchev–Trinajstić information content (AvgIpc) is 3.08. The van der Waals surface area contributed by atoms with Crippen molar-refractivity contribution in [2.45, 2.75) is 0 Å². The van der Waals surface area contributed by atoms with Gasteiger partial charge in [0.25, 0.3) is 11.8 Å². The van der Waals surface area contributed by atoms with Crippen molar-refractivity contribution in [1.82, 2.24) is 0 Å². The molecule has 0 N–H and O–H groups in total. The van der Waals surface area contributed by atoms with Crippen molar-refractivity contribution in [3.05, 3.63) is 89.5 Å². The third-order valence-corrected chi connectivity index (χ3v) is 4.93. The summed E-state index contributed by atoms with van der Waals surface area (Å²) in [4.78, 5) is 38.4. The van der Waals surface area contributed by atoms with Gasteiger partial charge in [0.05, 0.1) is 31.0 Å². The summed E-state index contributed by atoms with van der Waals surface area (Å²) in [5.74, 6) is 0.0825. The van der Waals surface area contributed by atoms with Gasteiger partial charge >= 0.3 is 5.97 Å². The van der Waals surface area contributed by atoms with E-state index in [2.05, 4.69) is 0 Å². The van der Waals surface area contributed by atoms with Crippen LogP contribution in [0.4, 0.5) is 5.69 Å². The minimum atomic E-state index is -0.576. The minimum Gasteiger partial charge on any atom is -0.493 e. The monoisotopic (exact) mass is 429 g/mol. The van der Waals surface area contributed by atoms with Crippen molar-refractivity contribution in [2.75, 3.05) is 19.1 Å². The standard InChI is InChI=1S/C25H19NO6/c1-30-21-13-7-16(15-22(21)31-2)8-14-23(27)32-18-11-9-17(10-12-18)26-24(28)19-5-3-4-6-20(19)25(26)29/h3-15H,1-2H3/b14-8+. The van der Waals surface area contributed by atoms with Crippen molar-refractivity contribution >= 4 is 29.5 Å². The molecule has 0 saturated carbocycles. The van der Waals surface area contributed by atoms with Crippen molar-refractivity contribution in [3.63, 3.8) is 0 Å². The van der Waals surface area contributed by atoms with E-state index in [0.717, 1.165) is 10.5 Å². The number of amides is 2. The number of carbonyl (C=O) groups is 3. The SMILES string of the molecule is COc1ccc(/C=C/C(=O)Oc2ccc(N3C(=O)c4ccccc4C3=O)cc2)cc1OC. The van der Waals surface area contributed by atoms with E-state index in [0.29, 0.717) is 28.3 Å².